The maximum Gasteiger partial charge on any atom is 0.371 e. The zero-order valence-electron chi connectivity index (χ0n) is 17.3. The van der Waals surface area contributed by atoms with E-state index in [-0.39, 0.29) is 9.95 Å². The van der Waals surface area contributed by atoms with Gasteiger partial charge in [-0.3, -0.25) is 0 Å². The van der Waals surface area contributed by atoms with Gasteiger partial charge in [-0.15, -0.1) is 9.02 Å². The lowest BCUT2D eigenvalue weighted by atomic mass is 10.1. The first-order valence-corrected chi connectivity index (χ1v) is 11.7. The van der Waals surface area contributed by atoms with Crippen molar-refractivity contribution in [2.45, 2.75) is 59.1 Å². The molecule has 0 saturated heterocycles. The third-order valence-corrected chi connectivity index (χ3v) is 6.02. The normalized spacial score (nSPS) is 20.5. The van der Waals surface area contributed by atoms with Gasteiger partial charge in [-0.25, -0.2) is 9.63 Å². The van der Waals surface area contributed by atoms with Gasteiger partial charge in [0.25, 0.3) is 12.1 Å². The molecule has 2 rings (SSSR count). The molecule has 0 radical (unpaired) electrons. The van der Waals surface area contributed by atoms with E-state index in [2.05, 4.69) is 21.7 Å². The van der Waals surface area contributed by atoms with Crippen molar-refractivity contribution in [3.8, 4) is 5.88 Å². The number of ether oxygens (including phenoxy) is 2. The predicted molar refractivity (Wildman–Crippen MR) is 113 cm³/mol. The Morgan fingerprint density at radius 1 is 1.32 bits per heavy atom. The molecule has 2 unspecified atom stereocenters. The lowest BCUT2D eigenvalue weighted by Gasteiger charge is -2.40. The average molecular weight is 431 g/mol. The van der Waals surface area contributed by atoms with E-state index in [0.717, 1.165) is 48.8 Å². The van der Waals surface area contributed by atoms with Crippen LogP contribution in [0.15, 0.2) is 6.08 Å². The molecule has 0 amide bonds. The molecule has 158 valence electrons. The highest BCUT2D eigenvalue weighted by Crippen LogP contribution is 2.33. The summed E-state index contributed by atoms with van der Waals surface area (Å²) in [4.78, 5) is 17.8. The fraction of sp³-hybridized carbons (Fsp3) is 0.737. The molecule has 0 fully saturated rings. The van der Waals surface area contributed by atoms with Crippen LogP contribution in [0.2, 0.25) is 0 Å². The van der Waals surface area contributed by atoms with Gasteiger partial charge < -0.3 is 9.47 Å². The van der Waals surface area contributed by atoms with Crippen LogP contribution in [0.5, 0.6) is 5.88 Å². The van der Waals surface area contributed by atoms with E-state index < -0.39 is 6.23 Å². The van der Waals surface area contributed by atoms with Gasteiger partial charge in [-0.2, -0.15) is 4.37 Å². The number of nitrogens with zero attached hydrogens (tertiary/aromatic N) is 3. The van der Waals surface area contributed by atoms with Gasteiger partial charge in [0.2, 0.25) is 0 Å². The van der Waals surface area contributed by atoms with E-state index >= 15 is 0 Å². The number of rotatable bonds is 11. The quantitative estimate of drug-likeness (QED) is 0.281. The third-order valence-electron chi connectivity index (χ3n) is 4.89. The minimum atomic E-state index is -0.412. The maximum atomic E-state index is 11.9. The van der Waals surface area contributed by atoms with Crippen LogP contribution in [0, 0.1) is 0 Å². The van der Waals surface area contributed by atoms with Gasteiger partial charge in [-0.05, 0) is 18.2 Å². The van der Waals surface area contributed by atoms with Gasteiger partial charge in [-0.1, -0.05) is 39.2 Å². The SMILES string of the molecule is CCCCCCOc1nsnc1C1=CCC[N+](OC)(C(C)OC(=O)SCC)C1. The number of thioether (sulfide) groups is 1. The van der Waals surface area contributed by atoms with Gasteiger partial charge in [0, 0.05) is 24.7 Å². The Morgan fingerprint density at radius 3 is 2.86 bits per heavy atom. The number of hydroxylamine groups is 3. The fourth-order valence-electron chi connectivity index (χ4n) is 3.23. The van der Waals surface area contributed by atoms with Crippen LogP contribution in [-0.2, 0) is 9.57 Å². The van der Waals surface area contributed by atoms with Crippen molar-refractivity contribution >= 4 is 34.4 Å². The highest BCUT2D eigenvalue weighted by Gasteiger charge is 2.42. The Labute approximate surface area is 176 Å². The summed E-state index contributed by atoms with van der Waals surface area (Å²) in [5, 5.41) is -0.271. The first-order chi connectivity index (χ1) is 13.6. The number of carbonyl (C=O) groups excluding carboxylic acids is 1. The molecule has 0 aliphatic carbocycles. The lowest BCUT2D eigenvalue weighted by molar-refractivity contribution is -1.13. The molecule has 0 spiro atoms. The van der Waals surface area contributed by atoms with E-state index in [0.29, 0.717) is 24.8 Å². The molecule has 0 aromatic carbocycles. The van der Waals surface area contributed by atoms with Crippen LogP contribution in [0.25, 0.3) is 5.57 Å². The van der Waals surface area contributed by atoms with E-state index in [1.165, 1.54) is 24.6 Å². The fourth-order valence-corrected chi connectivity index (χ4v) is 4.21. The van der Waals surface area contributed by atoms with Gasteiger partial charge >= 0.3 is 5.30 Å². The van der Waals surface area contributed by atoms with E-state index in [1.807, 2.05) is 13.8 Å². The summed E-state index contributed by atoms with van der Waals surface area (Å²) in [5.74, 6) is 1.28. The smallest absolute Gasteiger partial charge is 0.371 e. The summed E-state index contributed by atoms with van der Waals surface area (Å²) >= 11 is 2.33. The Balaban J connectivity index is 2.04. The number of hydrogen-bond donors (Lipinski definition) is 0. The van der Waals surface area contributed by atoms with Crippen LogP contribution < -0.4 is 4.74 Å². The molecule has 1 aromatic rings. The van der Waals surface area contributed by atoms with E-state index in [4.69, 9.17) is 14.3 Å². The molecule has 2 heterocycles. The molecule has 2 atom stereocenters. The molecule has 0 bridgehead atoms. The Kier molecular flexibility index (Phi) is 9.70. The van der Waals surface area contributed by atoms with Crippen molar-refractivity contribution in [2.75, 3.05) is 32.6 Å². The second-order valence-electron chi connectivity index (χ2n) is 6.76. The summed E-state index contributed by atoms with van der Waals surface area (Å²) in [6.07, 6.45) is 7.15. The second-order valence-corrected chi connectivity index (χ2v) is 8.49. The van der Waals surface area contributed by atoms with Gasteiger partial charge in [0.05, 0.1) is 25.4 Å². The summed E-state index contributed by atoms with van der Waals surface area (Å²) in [6.45, 7) is 7.94. The molecular formula is C19H32N3O4S2+. The van der Waals surface area contributed by atoms with Crippen LogP contribution in [0.1, 0.15) is 58.6 Å². The Morgan fingerprint density at radius 2 is 2.14 bits per heavy atom. The first-order valence-electron chi connectivity index (χ1n) is 9.97. The van der Waals surface area contributed by atoms with E-state index in [9.17, 15) is 4.79 Å². The van der Waals surface area contributed by atoms with Crippen molar-refractivity contribution in [1.82, 2.24) is 8.75 Å². The summed E-state index contributed by atoms with van der Waals surface area (Å²) in [6, 6.07) is 0. The third kappa shape index (κ3) is 6.17. The van der Waals surface area contributed by atoms with Crippen LogP contribution >= 0.6 is 23.5 Å². The van der Waals surface area contributed by atoms with Crippen LogP contribution in [0.3, 0.4) is 0 Å². The van der Waals surface area contributed by atoms with Crippen LogP contribution in [0.4, 0.5) is 4.79 Å². The molecule has 1 aliphatic heterocycles. The summed E-state index contributed by atoms with van der Waals surface area (Å²) < 4.78 is 20.5. The molecule has 9 heteroatoms. The van der Waals surface area contributed by atoms with Crippen molar-refractivity contribution in [1.29, 1.82) is 0 Å². The Bertz CT molecular complexity index is 653. The van der Waals surface area contributed by atoms with E-state index in [1.54, 1.807) is 7.11 Å². The van der Waals surface area contributed by atoms with Gasteiger partial charge in [0.1, 0.15) is 18.8 Å². The van der Waals surface area contributed by atoms with Gasteiger partial charge in [0.15, 0.2) is 0 Å². The number of hydrogen-bond acceptors (Lipinski definition) is 8. The summed E-state index contributed by atoms with van der Waals surface area (Å²) in [7, 11) is 1.66. The Hall–Kier alpha value is -1.16. The standard InChI is InChI=1S/C19H32N3O4S2/c1-5-7-8-9-13-25-18-17(20-28-21-18)16-11-10-12-22(14-16,24-4)15(3)26-19(23)27-6-2/h11,15H,5-10,12-14H2,1-4H3/q+1. The average Bonchev–Trinajstić information content (AvgIpc) is 3.16. The van der Waals surface area contributed by atoms with Crippen molar-refractivity contribution in [2.24, 2.45) is 0 Å². The predicted octanol–water partition coefficient (Wildman–Crippen LogP) is 4.90. The van der Waals surface area contributed by atoms with Crippen LogP contribution in [-0.4, -0.2) is 57.5 Å². The zero-order chi connectivity index (χ0) is 20.4. The minimum absolute atomic E-state index is 0.218. The molecule has 0 saturated carbocycles. The molecule has 7 nitrogen and oxygen atoms in total. The molecule has 0 N–H and O–H groups in total. The molecular weight excluding hydrogens is 398 g/mol. The number of quaternary nitrogens is 1. The molecule has 1 aromatic heterocycles. The molecule has 28 heavy (non-hydrogen) atoms. The van der Waals surface area contributed by atoms with Crippen molar-refractivity contribution in [3.63, 3.8) is 0 Å². The molecule has 1 aliphatic rings. The second kappa shape index (κ2) is 11.7. The largest absolute Gasteiger partial charge is 0.475 e. The monoisotopic (exact) mass is 430 g/mol. The summed E-state index contributed by atoms with van der Waals surface area (Å²) in [5.41, 5.74) is 1.80. The topological polar surface area (TPSA) is 70.5 Å². The number of unbranched alkanes of at least 4 members (excludes halogenated alkanes) is 3. The van der Waals surface area contributed by atoms with Crippen molar-refractivity contribution in [3.05, 3.63) is 11.8 Å². The first kappa shape index (κ1) is 23.1. The number of aromatic nitrogens is 2. The van der Waals surface area contributed by atoms with Crippen molar-refractivity contribution < 1.29 is 23.8 Å². The lowest BCUT2D eigenvalue weighted by Crippen LogP contribution is -2.57. The highest BCUT2D eigenvalue weighted by molar-refractivity contribution is 8.13. The number of carbonyl (C=O) groups is 1. The minimum Gasteiger partial charge on any atom is -0.475 e. The highest BCUT2D eigenvalue weighted by atomic mass is 32.2. The zero-order valence-corrected chi connectivity index (χ0v) is 18.9. The maximum absolute atomic E-state index is 11.9.